The van der Waals surface area contributed by atoms with E-state index in [9.17, 15) is 19.5 Å². The van der Waals surface area contributed by atoms with E-state index in [2.05, 4.69) is 5.32 Å². The standard InChI is InChI=1S/C23H20N2O5S2/c1-14(11-15-5-3-2-4-6-15)12-19-21(28)25(23(31)32-19)10-9-20(27)24-16-7-8-17(22(29)30)18(26)13-16/h2-8,11-13,26H,9-10H2,1H3,(H,24,27)(H,29,30)/b14-11-,19-12+. The van der Waals surface area contributed by atoms with Crippen LogP contribution >= 0.6 is 24.0 Å². The number of thioether (sulfide) groups is 1. The number of anilines is 1. The lowest BCUT2D eigenvalue weighted by Gasteiger charge is -2.14. The molecular formula is C23H20N2O5S2. The molecule has 0 saturated carbocycles. The van der Waals surface area contributed by atoms with Gasteiger partial charge in [0.1, 0.15) is 15.6 Å². The Morgan fingerprint density at radius 1 is 1.19 bits per heavy atom. The Kier molecular flexibility index (Phi) is 7.45. The average molecular weight is 469 g/mol. The largest absolute Gasteiger partial charge is 0.507 e. The van der Waals surface area contributed by atoms with Crippen LogP contribution in [0.2, 0.25) is 0 Å². The Morgan fingerprint density at radius 2 is 1.91 bits per heavy atom. The predicted molar refractivity (Wildman–Crippen MR) is 128 cm³/mol. The van der Waals surface area contributed by atoms with Crippen molar-refractivity contribution in [1.29, 1.82) is 0 Å². The molecule has 2 aromatic carbocycles. The first-order valence-corrected chi connectivity index (χ1v) is 10.8. The van der Waals surface area contributed by atoms with Gasteiger partial charge in [-0.15, -0.1) is 0 Å². The summed E-state index contributed by atoms with van der Waals surface area (Å²) in [6, 6.07) is 13.5. The number of nitrogens with one attached hydrogen (secondary N) is 1. The maximum atomic E-state index is 12.7. The van der Waals surface area contributed by atoms with Gasteiger partial charge >= 0.3 is 5.97 Å². The highest BCUT2D eigenvalue weighted by Gasteiger charge is 2.32. The first-order chi connectivity index (χ1) is 15.2. The third kappa shape index (κ3) is 5.83. The van der Waals surface area contributed by atoms with Crippen LogP contribution in [0.1, 0.15) is 29.3 Å². The zero-order valence-corrected chi connectivity index (χ0v) is 18.7. The van der Waals surface area contributed by atoms with E-state index in [-0.39, 0.29) is 30.1 Å². The number of allylic oxidation sites excluding steroid dienone is 2. The molecule has 0 aromatic heterocycles. The molecule has 3 N–H and O–H groups in total. The van der Waals surface area contributed by atoms with Crippen LogP contribution in [0.3, 0.4) is 0 Å². The van der Waals surface area contributed by atoms with Crippen LogP contribution in [0.25, 0.3) is 6.08 Å². The second kappa shape index (κ2) is 10.3. The lowest BCUT2D eigenvalue weighted by Crippen LogP contribution is -2.31. The number of hydrogen-bond donors (Lipinski definition) is 3. The van der Waals surface area contributed by atoms with Gasteiger partial charge in [0.2, 0.25) is 5.91 Å². The van der Waals surface area contributed by atoms with Gasteiger partial charge in [0.25, 0.3) is 5.91 Å². The highest BCUT2D eigenvalue weighted by atomic mass is 32.2. The van der Waals surface area contributed by atoms with E-state index in [4.69, 9.17) is 17.3 Å². The fourth-order valence-corrected chi connectivity index (χ4v) is 4.34. The maximum Gasteiger partial charge on any atom is 0.339 e. The minimum absolute atomic E-state index is 0.0139. The number of aromatic hydroxyl groups is 1. The molecule has 0 atom stereocenters. The average Bonchev–Trinajstić information content (AvgIpc) is 2.99. The Balaban J connectivity index is 1.59. The minimum atomic E-state index is -1.27. The molecule has 1 saturated heterocycles. The van der Waals surface area contributed by atoms with Crippen molar-refractivity contribution in [3.05, 3.63) is 76.2 Å². The van der Waals surface area contributed by atoms with Gasteiger partial charge in [0, 0.05) is 24.7 Å². The van der Waals surface area contributed by atoms with Gasteiger partial charge in [-0.05, 0) is 36.3 Å². The SMILES string of the molecule is CC(=C/c1ccccc1)/C=C1/SC(=S)N(CCC(=O)Nc2ccc(C(=O)O)c(O)c2)C1=O. The van der Waals surface area contributed by atoms with Crippen LogP contribution in [0.15, 0.2) is 65.1 Å². The monoisotopic (exact) mass is 468 g/mol. The molecule has 1 aliphatic rings. The molecule has 2 amide bonds. The van der Waals surface area contributed by atoms with Gasteiger partial charge < -0.3 is 15.5 Å². The van der Waals surface area contributed by atoms with Crippen molar-refractivity contribution in [3.63, 3.8) is 0 Å². The van der Waals surface area contributed by atoms with E-state index in [1.54, 1.807) is 6.08 Å². The van der Waals surface area contributed by atoms with Crippen molar-refractivity contribution in [3.8, 4) is 5.75 Å². The van der Waals surface area contributed by atoms with Crippen LogP contribution in [-0.4, -0.2) is 43.8 Å². The van der Waals surface area contributed by atoms with Gasteiger partial charge in [-0.1, -0.05) is 60.4 Å². The van der Waals surface area contributed by atoms with Crippen LogP contribution in [0.4, 0.5) is 5.69 Å². The Labute approximate surface area is 194 Å². The summed E-state index contributed by atoms with van der Waals surface area (Å²) >= 11 is 6.49. The van der Waals surface area contributed by atoms with Gasteiger partial charge in [-0.25, -0.2) is 4.79 Å². The van der Waals surface area contributed by atoms with Crippen molar-refractivity contribution in [1.82, 2.24) is 4.90 Å². The number of hydrogen-bond acceptors (Lipinski definition) is 6. The van der Waals surface area contributed by atoms with Crippen LogP contribution in [0.5, 0.6) is 5.75 Å². The lowest BCUT2D eigenvalue weighted by molar-refractivity contribution is -0.122. The smallest absolute Gasteiger partial charge is 0.339 e. The fraction of sp³-hybridized carbons (Fsp3) is 0.130. The first-order valence-electron chi connectivity index (χ1n) is 9.59. The molecule has 0 unspecified atom stereocenters. The summed E-state index contributed by atoms with van der Waals surface area (Å²) in [5.41, 5.74) is 1.92. The van der Waals surface area contributed by atoms with E-state index in [0.29, 0.717) is 9.23 Å². The number of aromatic carboxylic acids is 1. The zero-order valence-electron chi connectivity index (χ0n) is 17.1. The quantitative estimate of drug-likeness (QED) is 0.412. The Hall–Kier alpha value is -3.43. The molecule has 9 heteroatoms. The predicted octanol–water partition coefficient (Wildman–Crippen LogP) is 4.27. The summed E-state index contributed by atoms with van der Waals surface area (Å²) in [5.74, 6) is -2.37. The van der Waals surface area contributed by atoms with Gasteiger partial charge in [-0.2, -0.15) is 0 Å². The second-order valence-electron chi connectivity index (χ2n) is 6.97. The number of carboxylic acid groups (broad SMARTS) is 1. The number of thiocarbonyl (C=S) groups is 1. The molecule has 7 nitrogen and oxygen atoms in total. The number of carboxylic acids is 1. The molecule has 0 bridgehead atoms. The summed E-state index contributed by atoms with van der Waals surface area (Å²) in [6.07, 6.45) is 3.73. The molecule has 164 valence electrons. The van der Waals surface area contributed by atoms with E-state index in [0.717, 1.165) is 17.2 Å². The van der Waals surface area contributed by atoms with Crippen molar-refractivity contribution >= 4 is 57.8 Å². The molecule has 0 radical (unpaired) electrons. The van der Waals surface area contributed by atoms with E-state index in [1.165, 1.54) is 28.8 Å². The topological polar surface area (TPSA) is 107 Å². The number of nitrogens with zero attached hydrogens (tertiary/aromatic N) is 1. The summed E-state index contributed by atoms with van der Waals surface area (Å²) in [7, 11) is 0. The molecule has 32 heavy (non-hydrogen) atoms. The van der Waals surface area contributed by atoms with Gasteiger partial charge in [-0.3, -0.25) is 14.5 Å². The van der Waals surface area contributed by atoms with Gasteiger partial charge in [0.05, 0.1) is 4.91 Å². The lowest BCUT2D eigenvalue weighted by atomic mass is 10.1. The van der Waals surface area contributed by atoms with E-state index in [1.807, 2.05) is 43.3 Å². The zero-order chi connectivity index (χ0) is 23.3. The highest BCUT2D eigenvalue weighted by molar-refractivity contribution is 8.26. The molecule has 1 heterocycles. The summed E-state index contributed by atoms with van der Waals surface area (Å²) in [4.78, 5) is 37.8. The summed E-state index contributed by atoms with van der Waals surface area (Å²) in [5, 5.41) is 21.2. The maximum absolute atomic E-state index is 12.7. The van der Waals surface area contributed by atoms with Crippen molar-refractivity contribution < 1.29 is 24.6 Å². The highest BCUT2D eigenvalue weighted by Crippen LogP contribution is 2.32. The van der Waals surface area contributed by atoms with Crippen molar-refractivity contribution in [2.75, 3.05) is 11.9 Å². The number of amides is 2. The third-order valence-corrected chi connectivity index (χ3v) is 5.88. The van der Waals surface area contributed by atoms with E-state index >= 15 is 0 Å². The van der Waals surface area contributed by atoms with Crippen molar-refractivity contribution in [2.45, 2.75) is 13.3 Å². The van der Waals surface area contributed by atoms with Crippen LogP contribution in [-0.2, 0) is 9.59 Å². The number of carbonyl (C=O) groups excluding carboxylic acids is 2. The molecule has 1 aliphatic heterocycles. The molecular weight excluding hydrogens is 448 g/mol. The van der Waals surface area contributed by atoms with E-state index < -0.39 is 17.6 Å². The third-order valence-electron chi connectivity index (χ3n) is 4.50. The fourth-order valence-electron chi connectivity index (χ4n) is 2.98. The molecule has 0 aliphatic carbocycles. The van der Waals surface area contributed by atoms with Crippen molar-refractivity contribution in [2.24, 2.45) is 0 Å². The normalized spacial score (nSPS) is 15.3. The number of rotatable bonds is 7. The molecule has 0 spiro atoms. The number of carbonyl (C=O) groups is 3. The molecule has 1 fully saturated rings. The Bertz CT molecular complexity index is 1140. The molecule has 3 rings (SSSR count). The second-order valence-corrected chi connectivity index (χ2v) is 8.64. The summed E-state index contributed by atoms with van der Waals surface area (Å²) < 4.78 is 0.380. The number of phenols is 1. The summed E-state index contributed by atoms with van der Waals surface area (Å²) in [6.45, 7) is 2.01. The van der Waals surface area contributed by atoms with Crippen LogP contribution in [0, 0.1) is 0 Å². The van der Waals surface area contributed by atoms with Crippen LogP contribution < -0.4 is 5.32 Å². The molecule has 2 aromatic rings. The minimum Gasteiger partial charge on any atom is -0.507 e. The Morgan fingerprint density at radius 3 is 2.56 bits per heavy atom. The first kappa shape index (κ1) is 23.2. The van der Waals surface area contributed by atoms with Gasteiger partial charge in [0.15, 0.2) is 0 Å². The number of benzene rings is 2.